The number of alkyl halides is 3. The van der Waals surface area contributed by atoms with E-state index in [4.69, 9.17) is 16.3 Å². The van der Waals surface area contributed by atoms with Gasteiger partial charge in [0.25, 0.3) is 25.8 Å². The van der Waals surface area contributed by atoms with E-state index < -0.39 is 59.9 Å². The van der Waals surface area contributed by atoms with Gasteiger partial charge in [0.15, 0.2) is 0 Å². The maximum atomic E-state index is 14.2. The second-order valence-corrected chi connectivity index (χ2v) is 23.9. The van der Waals surface area contributed by atoms with Crippen LogP contribution >= 0.6 is 30.5 Å². The molecule has 5 aromatic rings. The molecule has 0 unspecified atom stereocenters. The van der Waals surface area contributed by atoms with E-state index in [9.17, 15) is 39.4 Å². The van der Waals surface area contributed by atoms with E-state index in [0.29, 0.717) is 93.4 Å². The molecule has 0 radical (unpaired) electrons. The molecule has 0 saturated carbocycles. The van der Waals surface area contributed by atoms with Crippen LogP contribution in [-0.2, 0) is 35.7 Å². The summed E-state index contributed by atoms with van der Waals surface area (Å²) in [5.41, 5.74) is -3.06. The van der Waals surface area contributed by atoms with Gasteiger partial charge < -0.3 is 14.6 Å². The van der Waals surface area contributed by atoms with E-state index in [0.717, 1.165) is 33.7 Å². The highest BCUT2D eigenvalue weighted by Gasteiger charge is 2.48. The molecular formula is C45H47ClF3N4O7PS3. The normalized spacial score (nSPS) is 16.8. The van der Waals surface area contributed by atoms with Crippen molar-refractivity contribution in [1.82, 2.24) is 14.5 Å². The molecule has 0 bridgehead atoms. The van der Waals surface area contributed by atoms with Gasteiger partial charge in [0.1, 0.15) is 12.0 Å². The van der Waals surface area contributed by atoms with Crippen molar-refractivity contribution in [2.45, 2.75) is 39.2 Å². The van der Waals surface area contributed by atoms with Gasteiger partial charge in [-0.3, -0.25) is 14.6 Å². The SMILES string of the molecule is O=C(NS(=O)(=O)c1ccc(N[C@H](CCN2CCOCC2)CSc2ccccc2)c(S(=O)(=O)C(F)(F)F)c1)c1ccc(P2(=O)CCN(Cc3ccccc3-c3ccc(Cl)cc3)CC2)cc1. The van der Waals surface area contributed by atoms with Crippen molar-refractivity contribution in [1.29, 1.82) is 0 Å². The van der Waals surface area contributed by atoms with Gasteiger partial charge in [-0.05, 0) is 77.7 Å². The summed E-state index contributed by atoms with van der Waals surface area (Å²) in [4.78, 5) is 16.4. The first-order chi connectivity index (χ1) is 30.5. The molecular weight excluding hydrogens is 928 g/mol. The molecule has 2 saturated heterocycles. The summed E-state index contributed by atoms with van der Waals surface area (Å²) in [7, 11) is -13.9. The molecule has 1 amide bonds. The summed E-state index contributed by atoms with van der Waals surface area (Å²) in [6, 6.07) is 32.5. The molecule has 64 heavy (non-hydrogen) atoms. The Hall–Kier alpha value is -4.19. The highest BCUT2D eigenvalue weighted by molar-refractivity contribution is 7.99. The van der Waals surface area contributed by atoms with Gasteiger partial charge in [-0.15, -0.1) is 11.8 Å². The number of anilines is 1. The van der Waals surface area contributed by atoms with Gasteiger partial charge in [-0.25, -0.2) is 21.6 Å². The number of nitrogens with one attached hydrogen (secondary N) is 2. The van der Waals surface area contributed by atoms with Crippen LogP contribution in [0.5, 0.6) is 0 Å². The van der Waals surface area contributed by atoms with E-state index in [-0.39, 0.29) is 5.56 Å². The Labute approximate surface area is 381 Å². The van der Waals surface area contributed by atoms with Gasteiger partial charge in [0, 0.05) is 84.2 Å². The fourth-order valence-electron chi connectivity index (χ4n) is 7.61. The lowest BCUT2D eigenvalue weighted by Crippen LogP contribution is -2.39. The van der Waals surface area contributed by atoms with Crippen molar-refractivity contribution < 1.29 is 44.1 Å². The number of hydrogen-bond acceptors (Lipinski definition) is 11. The third kappa shape index (κ3) is 11.8. The largest absolute Gasteiger partial charge is 0.501 e. The highest BCUT2D eigenvalue weighted by Crippen LogP contribution is 2.46. The Bertz CT molecular complexity index is 2680. The number of hydrogen-bond donors (Lipinski definition) is 2. The number of halogens is 4. The van der Waals surface area contributed by atoms with E-state index in [1.165, 1.54) is 36.0 Å². The topological polar surface area (TPSA) is 142 Å². The second-order valence-electron chi connectivity index (χ2n) is 15.6. The molecule has 2 aliphatic heterocycles. The average Bonchev–Trinajstić information content (AvgIpc) is 3.29. The molecule has 0 aromatic heterocycles. The van der Waals surface area contributed by atoms with Crippen LogP contribution in [-0.4, -0.2) is 108 Å². The zero-order valence-electron chi connectivity index (χ0n) is 34.5. The highest BCUT2D eigenvalue weighted by atomic mass is 35.5. The number of benzene rings is 5. The van der Waals surface area contributed by atoms with Crippen molar-refractivity contribution in [3.8, 4) is 11.1 Å². The van der Waals surface area contributed by atoms with Gasteiger partial charge >= 0.3 is 5.51 Å². The van der Waals surface area contributed by atoms with E-state index in [2.05, 4.69) is 27.2 Å². The number of carbonyl (C=O) groups excluding carboxylic acids is 1. The predicted octanol–water partition coefficient (Wildman–Crippen LogP) is 8.22. The van der Waals surface area contributed by atoms with Crippen molar-refractivity contribution in [2.75, 3.05) is 69.3 Å². The van der Waals surface area contributed by atoms with Gasteiger partial charge in [0.05, 0.1) is 23.8 Å². The minimum Gasteiger partial charge on any atom is -0.380 e. The van der Waals surface area contributed by atoms with Crippen LogP contribution in [0.2, 0.25) is 5.02 Å². The first-order valence-electron chi connectivity index (χ1n) is 20.5. The summed E-state index contributed by atoms with van der Waals surface area (Å²) < 4.78 is 117. The number of carbonyl (C=O) groups is 1. The Balaban J connectivity index is 1.03. The monoisotopic (exact) mass is 974 g/mol. The minimum absolute atomic E-state index is 0.114. The van der Waals surface area contributed by atoms with Crippen LogP contribution in [0, 0.1) is 0 Å². The number of sulfonamides is 1. The number of rotatable bonds is 16. The summed E-state index contributed by atoms with van der Waals surface area (Å²) in [6.45, 7) is 4.73. The molecule has 2 N–H and O–H groups in total. The zero-order chi connectivity index (χ0) is 45.5. The number of morpholine rings is 1. The van der Waals surface area contributed by atoms with Gasteiger partial charge in [-0.1, -0.05) is 78.3 Å². The van der Waals surface area contributed by atoms with Crippen LogP contribution in [0.25, 0.3) is 11.1 Å². The average molecular weight is 976 g/mol. The molecule has 2 fully saturated rings. The van der Waals surface area contributed by atoms with E-state index in [1.807, 2.05) is 71.5 Å². The van der Waals surface area contributed by atoms with Crippen LogP contribution in [0.3, 0.4) is 0 Å². The molecule has 19 heteroatoms. The number of thioether (sulfide) groups is 1. The molecule has 340 valence electrons. The Kier molecular flexibility index (Phi) is 15.3. The summed E-state index contributed by atoms with van der Waals surface area (Å²) in [5.74, 6) is -0.758. The van der Waals surface area contributed by atoms with Crippen molar-refractivity contribution >= 4 is 67.3 Å². The number of ether oxygens (including phenoxy) is 1. The second kappa shape index (κ2) is 20.5. The Morgan fingerprint density at radius 2 is 1.47 bits per heavy atom. The maximum absolute atomic E-state index is 14.2. The third-order valence-corrected chi connectivity index (χ3v) is 18.6. The fraction of sp³-hybridized carbons (Fsp3) is 0.311. The summed E-state index contributed by atoms with van der Waals surface area (Å²) in [5, 5.41) is 4.15. The molecule has 0 spiro atoms. The summed E-state index contributed by atoms with van der Waals surface area (Å²) in [6.07, 6.45) is 1.21. The zero-order valence-corrected chi connectivity index (χ0v) is 38.6. The molecule has 2 heterocycles. The van der Waals surface area contributed by atoms with E-state index >= 15 is 0 Å². The third-order valence-electron chi connectivity index (χ3n) is 11.3. The molecule has 7 rings (SSSR count). The van der Waals surface area contributed by atoms with Gasteiger partial charge in [0.2, 0.25) is 0 Å². The van der Waals surface area contributed by atoms with E-state index in [1.54, 1.807) is 0 Å². The lowest BCUT2D eigenvalue weighted by atomic mass is 9.99. The van der Waals surface area contributed by atoms with Crippen LogP contribution in [0.1, 0.15) is 22.3 Å². The number of amides is 1. The standard InChI is InChI=1S/C45H47ClF3N4O7PS3/c46-36-14-10-33(11-15-36)41-9-5-4-6-35(41)31-53-24-28-61(55,29-25-53)38-16-12-34(13-17-38)44(54)51-64(58,59)40-18-19-42(43(30-40)63(56,57)45(47,48)49)50-37(20-21-52-22-26-60-27-23-52)32-62-39-7-2-1-3-8-39/h1-19,30,37,50H,20-29,31-32H2,(H,51,54)/t37-/m1/s1. The minimum atomic E-state index is -6.08. The smallest absolute Gasteiger partial charge is 0.380 e. The quantitative estimate of drug-likeness (QED) is 0.0730. The Morgan fingerprint density at radius 1 is 0.812 bits per heavy atom. The molecule has 0 aliphatic carbocycles. The maximum Gasteiger partial charge on any atom is 0.501 e. The van der Waals surface area contributed by atoms with Gasteiger partial charge in [-0.2, -0.15) is 13.2 Å². The molecule has 1 atom stereocenters. The fourth-order valence-corrected chi connectivity index (χ4v) is 13.4. The van der Waals surface area contributed by atoms with Crippen LogP contribution < -0.4 is 15.3 Å². The first kappa shape index (κ1) is 47.8. The summed E-state index contributed by atoms with van der Waals surface area (Å²) >= 11 is 7.53. The number of sulfone groups is 1. The molecule has 5 aromatic carbocycles. The van der Waals surface area contributed by atoms with Crippen LogP contribution in [0.15, 0.2) is 136 Å². The van der Waals surface area contributed by atoms with Crippen LogP contribution in [0.4, 0.5) is 18.9 Å². The number of nitrogens with zero attached hydrogens (tertiary/aromatic N) is 2. The van der Waals surface area contributed by atoms with Crippen molar-refractivity contribution in [2.24, 2.45) is 0 Å². The first-order valence-corrected chi connectivity index (χ1v) is 26.9. The lowest BCUT2D eigenvalue weighted by Gasteiger charge is -2.33. The molecule has 2 aliphatic rings. The van der Waals surface area contributed by atoms with Crippen molar-refractivity contribution in [3.05, 3.63) is 137 Å². The Morgan fingerprint density at radius 3 is 2.14 bits per heavy atom. The molecule has 11 nitrogen and oxygen atoms in total. The predicted molar refractivity (Wildman–Crippen MR) is 246 cm³/mol. The van der Waals surface area contributed by atoms with Crippen molar-refractivity contribution in [3.63, 3.8) is 0 Å². The lowest BCUT2D eigenvalue weighted by molar-refractivity contribution is -0.0435.